The van der Waals surface area contributed by atoms with Crippen molar-refractivity contribution < 1.29 is 19.1 Å². The van der Waals surface area contributed by atoms with Crippen LogP contribution < -0.4 is 9.47 Å². The Labute approximate surface area is 154 Å². The quantitative estimate of drug-likeness (QED) is 0.774. The van der Waals surface area contributed by atoms with Crippen molar-refractivity contribution in [2.24, 2.45) is 5.41 Å². The van der Waals surface area contributed by atoms with Crippen molar-refractivity contribution in [3.63, 3.8) is 0 Å². The van der Waals surface area contributed by atoms with Crippen molar-refractivity contribution in [2.45, 2.75) is 44.8 Å². The average molecular weight is 358 g/mol. The van der Waals surface area contributed by atoms with Gasteiger partial charge in [-0.1, -0.05) is 25.0 Å². The number of carbonyl (C=O) groups is 2. The Morgan fingerprint density at radius 3 is 2.46 bits per heavy atom. The van der Waals surface area contributed by atoms with E-state index in [-0.39, 0.29) is 23.5 Å². The fraction of sp³-hybridized carbons (Fsp3) is 0.600. The smallest absolute Gasteiger partial charge is 0.229 e. The normalized spacial score (nSPS) is 24.5. The first-order valence-electron chi connectivity index (χ1n) is 9.48. The number of piperidine rings is 1. The van der Waals surface area contributed by atoms with E-state index in [1.165, 1.54) is 4.90 Å². The first-order valence-corrected chi connectivity index (χ1v) is 9.48. The molecule has 2 heterocycles. The molecule has 1 aromatic carbocycles. The van der Waals surface area contributed by atoms with Crippen LogP contribution in [-0.2, 0) is 9.59 Å². The summed E-state index contributed by atoms with van der Waals surface area (Å²) in [6.07, 6.45) is 5.15. The number of fused-ring (bicyclic) bond motifs is 1. The van der Waals surface area contributed by atoms with Gasteiger partial charge in [0.25, 0.3) is 0 Å². The highest BCUT2D eigenvalue weighted by Gasteiger charge is 2.45. The first kappa shape index (κ1) is 17.3. The fourth-order valence-corrected chi connectivity index (χ4v) is 4.39. The third-order valence-corrected chi connectivity index (χ3v) is 5.98. The molecule has 3 aliphatic rings. The second-order valence-corrected chi connectivity index (χ2v) is 7.81. The number of imide groups is 1. The Kier molecular flexibility index (Phi) is 4.61. The van der Waals surface area contributed by atoms with Crippen molar-refractivity contribution in [1.29, 1.82) is 0 Å². The number of nitrogens with zero attached hydrogens (tertiary/aromatic N) is 2. The van der Waals surface area contributed by atoms with E-state index >= 15 is 0 Å². The summed E-state index contributed by atoms with van der Waals surface area (Å²) in [6.45, 7) is 1.41. The van der Waals surface area contributed by atoms with Gasteiger partial charge in [0, 0.05) is 25.9 Å². The molecule has 2 fully saturated rings. The number of para-hydroxylation sites is 2. The zero-order chi connectivity index (χ0) is 18.1. The number of rotatable bonds is 4. The number of hydrogen-bond donors (Lipinski definition) is 0. The number of benzene rings is 1. The monoisotopic (exact) mass is 358 g/mol. The zero-order valence-corrected chi connectivity index (χ0v) is 15.3. The third-order valence-electron chi connectivity index (χ3n) is 5.98. The van der Waals surface area contributed by atoms with Gasteiger partial charge >= 0.3 is 0 Å². The molecule has 1 spiro atoms. The summed E-state index contributed by atoms with van der Waals surface area (Å²) in [6, 6.07) is 7.59. The fourth-order valence-electron chi connectivity index (χ4n) is 4.39. The zero-order valence-electron chi connectivity index (χ0n) is 15.3. The number of amides is 2. The van der Waals surface area contributed by atoms with Crippen LogP contribution in [0.3, 0.4) is 0 Å². The molecule has 1 aromatic rings. The van der Waals surface area contributed by atoms with E-state index in [4.69, 9.17) is 9.47 Å². The van der Waals surface area contributed by atoms with Crippen LogP contribution >= 0.6 is 0 Å². The molecule has 0 radical (unpaired) electrons. The minimum Gasteiger partial charge on any atom is -0.484 e. The van der Waals surface area contributed by atoms with Crippen molar-refractivity contribution in [1.82, 2.24) is 9.80 Å². The van der Waals surface area contributed by atoms with Gasteiger partial charge in [0.15, 0.2) is 17.7 Å². The summed E-state index contributed by atoms with van der Waals surface area (Å²) in [7, 11) is 1.93. The maximum absolute atomic E-state index is 12.5. The molecule has 26 heavy (non-hydrogen) atoms. The van der Waals surface area contributed by atoms with Crippen LogP contribution in [0.15, 0.2) is 24.3 Å². The van der Waals surface area contributed by atoms with Crippen molar-refractivity contribution in [2.75, 3.05) is 26.7 Å². The van der Waals surface area contributed by atoms with Gasteiger partial charge in [-0.25, -0.2) is 0 Å². The molecule has 2 aliphatic heterocycles. The summed E-state index contributed by atoms with van der Waals surface area (Å²) in [5.41, 5.74) is -0.0411. The van der Waals surface area contributed by atoms with Crippen molar-refractivity contribution in [3.05, 3.63) is 24.3 Å². The molecule has 1 aliphatic carbocycles. The van der Waals surface area contributed by atoms with Gasteiger partial charge in [-0.15, -0.1) is 0 Å². The van der Waals surface area contributed by atoms with E-state index < -0.39 is 0 Å². The Hall–Kier alpha value is -2.08. The first-order chi connectivity index (χ1) is 12.6. The molecular formula is C20H26N2O4. The molecule has 0 aromatic heterocycles. The molecule has 0 N–H and O–H groups in total. The van der Waals surface area contributed by atoms with Crippen molar-refractivity contribution in [3.8, 4) is 11.5 Å². The maximum atomic E-state index is 12.5. The summed E-state index contributed by atoms with van der Waals surface area (Å²) in [5.74, 6) is 1.45. The SMILES string of the molecule is CN(CCN1C(=O)CC2(CCCC2)CC1=O)C1COc2ccccc2O1. The van der Waals surface area contributed by atoms with E-state index in [0.29, 0.717) is 32.5 Å². The Morgan fingerprint density at radius 1 is 1.12 bits per heavy atom. The largest absolute Gasteiger partial charge is 0.484 e. The molecule has 1 atom stereocenters. The van der Waals surface area contributed by atoms with E-state index in [1.54, 1.807) is 0 Å². The summed E-state index contributed by atoms with van der Waals surface area (Å²) >= 11 is 0. The predicted octanol–water partition coefficient (Wildman–Crippen LogP) is 2.43. The van der Waals surface area contributed by atoms with E-state index in [0.717, 1.165) is 37.2 Å². The van der Waals surface area contributed by atoms with Crippen LogP contribution in [0.4, 0.5) is 0 Å². The van der Waals surface area contributed by atoms with Gasteiger partial charge in [-0.3, -0.25) is 19.4 Å². The Bertz CT molecular complexity index is 679. The topological polar surface area (TPSA) is 59.1 Å². The summed E-state index contributed by atoms with van der Waals surface area (Å²) in [4.78, 5) is 28.5. The number of carbonyl (C=O) groups excluding carboxylic acids is 2. The van der Waals surface area contributed by atoms with E-state index in [9.17, 15) is 9.59 Å². The minimum atomic E-state index is -0.221. The van der Waals surface area contributed by atoms with Crippen LogP contribution in [0.1, 0.15) is 38.5 Å². The molecular weight excluding hydrogens is 332 g/mol. The second-order valence-electron chi connectivity index (χ2n) is 7.81. The average Bonchev–Trinajstić information content (AvgIpc) is 3.07. The molecule has 1 unspecified atom stereocenters. The molecule has 0 bridgehead atoms. The third kappa shape index (κ3) is 3.30. The lowest BCUT2D eigenvalue weighted by Gasteiger charge is -2.38. The lowest BCUT2D eigenvalue weighted by Crippen LogP contribution is -2.51. The molecule has 2 amide bonds. The number of hydrogen-bond acceptors (Lipinski definition) is 5. The van der Waals surface area contributed by atoms with Gasteiger partial charge in [-0.05, 0) is 37.4 Å². The molecule has 140 valence electrons. The van der Waals surface area contributed by atoms with Crippen LogP contribution in [0.5, 0.6) is 11.5 Å². The van der Waals surface area contributed by atoms with E-state index in [2.05, 4.69) is 0 Å². The van der Waals surface area contributed by atoms with Crippen molar-refractivity contribution >= 4 is 11.8 Å². The van der Waals surface area contributed by atoms with Gasteiger partial charge in [0.05, 0.1) is 0 Å². The highest BCUT2D eigenvalue weighted by atomic mass is 16.6. The van der Waals surface area contributed by atoms with Crippen LogP contribution in [-0.4, -0.2) is 54.6 Å². The van der Waals surface area contributed by atoms with Gasteiger partial charge in [0.1, 0.15) is 6.61 Å². The highest BCUT2D eigenvalue weighted by molar-refractivity contribution is 5.98. The molecule has 1 saturated heterocycles. The van der Waals surface area contributed by atoms with Gasteiger partial charge in [0.2, 0.25) is 11.8 Å². The predicted molar refractivity (Wildman–Crippen MR) is 95.8 cm³/mol. The molecule has 6 nitrogen and oxygen atoms in total. The molecule has 4 rings (SSSR count). The Balaban J connectivity index is 1.33. The van der Waals surface area contributed by atoms with Crippen LogP contribution in [0, 0.1) is 5.41 Å². The molecule has 6 heteroatoms. The number of ether oxygens (including phenoxy) is 2. The van der Waals surface area contributed by atoms with Crippen LogP contribution in [0.2, 0.25) is 0 Å². The standard InChI is InChI=1S/C20H26N2O4/c1-21(19-14-25-15-6-2-3-7-16(15)26-19)10-11-22-17(23)12-20(13-18(22)24)8-4-5-9-20/h2-3,6-7,19H,4-5,8-14H2,1H3. The van der Waals surface area contributed by atoms with Crippen LogP contribution in [0.25, 0.3) is 0 Å². The lowest BCUT2D eigenvalue weighted by molar-refractivity contribution is -0.154. The minimum absolute atomic E-state index is 0.0114. The van der Waals surface area contributed by atoms with Gasteiger partial charge in [-0.2, -0.15) is 0 Å². The number of likely N-dealkylation sites (tertiary alicyclic amines) is 1. The summed E-state index contributed by atoms with van der Waals surface area (Å²) in [5, 5.41) is 0. The second kappa shape index (κ2) is 6.91. The van der Waals surface area contributed by atoms with Gasteiger partial charge < -0.3 is 9.47 Å². The lowest BCUT2D eigenvalue weighted by atomic mass is 9.76. The molecule has 1 saturated carbocycles. The highest BCUT2D eigenvalue weighted by Crippen LogP contribution is 2.46. The maximum Gasteiger partial charge on any atom is 0.229 e. The summed E-state index contributed by atoms with van der Waals surface area (Å²) < 4.78 is 11.7. The number of likely N-dealkylation sites (N-methyl/N-ethyl adjacent to an activating group) is 1. The Morgan fingerprint density at radius 2 is 1.77 bits per heavy atom. The van der Waals surface area contributed by atoms with E-state index in [1.807, 2.05) is 36.2 Å².